The first-order valence-electron chi connectivity index (χ1n) is 3.42. The minimum atomic E-state index is -3.02. The highest BCUT2D eigenvalue weighted by Crippen LogP contribution is 2.53. The van der Waals surface area contributed by atoms with E-state index in [9.17, 15) is 13.2 Å². The number of unbranched alkanes of at least 4 members (excludes halogenated alkanes) is 1. The molecule has 0 aromatic rings. The highest BCUT2D eigenvalue weighted by atomic mass is 19.3. The van der Waals surface area contributed by atoms with Crippen molar-refractivity contribution in [2.24, 2.45) is 5.92 Å². The van der Waals surface area contributed by atoms with Crippen molar-refractivity contribution in [1.29, 1.82) is 0 Å². The number of rotatable bonds is 3. The van der Waals surface area contributed by atoms with E-state index in [1.807, 2.05) is 0 Å². The van der Waals surface area contributed by atoms with Crippen molar-refractivity contribution in [3.05, 3.63) is 6.92 Å². The topological polar surface area (TPSA) is 0 Å². The van der Waals surface area contributed by atoms with Crippen LogP contribution in [0.2, 0.25) is 0 Å². The van der Waals surface area contributed by atoms with Crippen LogP contribution < -0.4 is 0 Å². The van der Waals surface area contributed by atoms with Gasteiger partial charge in [0.05, 0.1) is 5.92 Å². The summed E-state index contributed by atoms with van der Waals surface area (Å²) in [5.74, 6) is -4.02. The molecule has 59 valence electrons. The van der Waals surface area contributed by atoms with Gasteiger partial charge in [-0.15, -0.1) is 0 Å². The Morgan fingerprint density at radius 2 is 1.90 bits per heavy atom. The van der Waals surface area contributed by atoms with E-state index in [-0.39, 0.29) is 6.42 Å². The second-order valence-electron chi connectivity index (χ2n) is 2.68. The van der Waals surface area contributed by atoms with E-state index in [2.05, 4.69) is 6.92 Å². The Bertz CT molecular complexity index is 122. The summed E-state index contributed by atoms with van der Waals surface area (Å²) in [4.78, 5) is 0. The lowest BCUT2D eigenvalue weighted by Gasteiger charge is -1.92. The minimum absolute atomic E-state index is 0.275. The van der Waals surface area contributed by atoms with Crippen LogP contribution in [-0.4, -0.2) is 12.1 Å². The molecule has 0 bridgehead atoms. The van der Waals surface area contributed by atoms with Crippen LogP contribution in [0.25, 0.3) is 0 Å². The van der Waals surface area contributed by atoms with E-state index in [0.717, 1.165) is 0 Å². The van der Waals surface area contributed by atoms with E-state index in [0.29, 0.717) is 12.8 Å². The highest BCUT2D eigenvalue weighted by molar-refractivity contribution is 5.06. The van der Waals surface area contributed by atoms with E-state index in [4.69, 9.17) is 0 Å². The van der Waals surface area contributed by atoms with Crippen LogP contribution in [0.3, 0.4) is 0 Å². The maximum absolute atomic E-state index is 12.1. The zero-order chi connectivity index (χ0) is 7.78. The van der Waals surface area contributed by atoms with Crippen molar-refractivity contribution in [3.63, 3.8) is 0 Å². The van der Waals surface area contributed by atoms with Crippen molar-refractivity contribution in [3.8, 4) is 0 Å². The quantitative estimate of drug-likeness (QED) is 0.581. The number of alkyl halides is 3. The van der Waals surface area contributed by atoms with Gasteiger partial charge in [-0.1, -0.05) is 19.8 Å². The first kappa shape index (κ1) is 7.89. The van der Waals surface area contributed by atoms with Crippen LogP contribution in [0.15, 0.2) is 0 Å². The van der Waals surface area contributed by atoms with Crippen molar-refractivity contribution < 1.29 is 13.2 Å². The smallest absolute Gasteiger partial charge is 0.240 e. The first-order valence-corrected chi connectivity index (χ1v) is 3.42. The van der Waals surface area contributed by atoms with Gasteiger partial charge in [0.1, 0.15) is 0 Å². The zero-order valence-corrected chi connectivity index (χ0v) is 5.62. The summed E-state index contributed by atoms with van der Waals surface area (Å²) in [7, 11) is 0. The van der Waals surface area contributed by atoms with Gasteiger partial charge >= 0.3 is 0 Å². The number of hydrogen-bond donors (Lipinski definition) is 0. The SMILES string of the molecule is [CH2]CCCC1C(F)C1(F)F. The molecule has 1 rings (SSSR count). The molecular weight excluding hydrogens is 141 g/mol. The van der Waals surface area contributed by atoms with Gasteiger partial charge in [-0.3, -0.25) is 0 Å². The fraction of sp³-hybridized carbons (Fsp3) is 0.857. The summed E-state index contributed by atoms with van der Waals surface area (Å²) in [6.45, 7) is 3.49. The van der Waals surface area contributed by atoms with Gasteiger partial charge in [-0.25, -0.2) is 13.2 Å². The average molecular weight is 151 g/mol. The first-order chi connectivity index (χ1) is 4.60. The molecule has 0 aromatic heterocycles. The van der Waals surface area contributed by atoms with Crippen LogP contribution in [0, 0.1) is 12.8 Å². The normalized spacial score (nSPS) is 36.0. The molecule has 10 heavy (non-hydrogen) atoms. The molecule has 0 spiro atoms. The van der Waals surface area contributed by atoms with E-state index in [1.54, 1.807) is 0 Å². The average Bonchev–Trinajstić information content (AvgIpc) is 2.31. The van der Waals surface area contributed by atoms with Crippen molar-refractivity contribution in [2.75, 3.05) is 0 Å². The standard InChI is InChI=1S/C7H10F3/c1-2-3-4-5-6(8)7(5,9)10/h5-6H,1-4H2. The molecule has 0 aromatic carbocycles. The van der Waals surface area contributed by atoms with Crippen molar-refractivity contribution in [1.82, 2.24) is 0 Å². The molecule has 0 nitrogen and oxygen atoms in total. The molecule has 0 saturated heterocycles. The number of hydrogen-bond acceptors (Lipinski definition) is 0. The zero-order valence-electron chi connectivity index (χ0n) is 5.62. The molecule has 0 N–H and O–H groups in total. The highest BCUT2D eigenvalue weighted by Gasteiger charge is 2.68. The largest absolute Gasteiger partial charge is 0.284 e. The second kappa shape index (κ2) is 2.44. The summed E-state index contributed by atoms with van der Waals surface area (Å²) in [5.41, 5.74) is 0. The van der Waals surface area contributed by atoms with Crippen molar-refractivity contribution in [2.45, 2.75) is 31.4 Å². The third kappa shape index (κ3) is 1.13. The van der Waals surface area contributed by atoms with Crippen molar-refractivity contribution >= 4 is 0 Å². The van der Waals surface area contributed by atoms with Crippen LogP contribution in [0.4, 0.5) is 13.2 Å². The lowest BCUT2D eigenvalue weighted by atomic mass is 10.2. The maximum atomic E-state index is 12.1. The van der Waals surface area contributed by atoms with Gasteiger partial charge in [0.25, 0.3) is 5.92 Å². The van der Waals surface area contributed by atoms with E-state index >= 15 is 0 Å². The van der Waals surface area contributed by atoms with Crippen LogP contribution in [0.1, 0.15) is 19.3 Å². The number of halogens is 3. The Balaban J connectivity index is 2.22. The molecule has 2 unspecified atom stereocenters. The Morgan fingerprint density at radius 1 is 1.40 bits per heavy atom. The molecule has 1 aliphatic rings. The molecule has 3 heteroatoms. The fourth-order valence-corrected chi connectivity index (χ4v) is 1.05. The third-order valence-electron chi connectivity index (χ3n) is 1.87. The molecule has 1 aliphatic carbocycles. The maximum Gasteiger partial charge on any atom is 0.284 e. The molecule has 1 radical (unpaired) electrons. The van der Waals surface area contributed by atoms with Gasteiger partial charge in [-0.2, -0.15) is 0 Å². The molecular formula is C7H10F3. The lowest BCUT2D eigenvalue weighted by Crippen LogP contribution is -1.94. The second-order valence-corrected chi connectivity index (χ2v) is 2.68. The molecule has 2 atom stereocenters. The minimum Gasteiger partial charge on any atom is -0.240 e. The summed E-state index contributed by atoms with van der Waals surface area (Å²) in [5, 5.41) is 0. The van der Waals surface area contributed by atoms with Gasteiger partial charge in [-0.05, 0) is 6.42 Å². The third-order valence-corrected chi connectivity index (χ3v) is 1.87. The van der Waals surface area contributed by atoms with Gasteiger partial charge in [0, 0.05) is 0 Å². The Morgan fingerprint density at radius 3 is 2.20 bits per heavy atom. The fourth-order valence-electron chi connectivity index (χ4n) is 1.05. The predicted molar refractivity (Wildman–Crippen MR) is 32.5 cm³/mol. The monoisotopic (exact) mass is 151 g/mol. The predicted octanol–water partition coefficient (Wildman–Crippen LogP) is 2.59. The van der Waals surface area contributed by atoms with Gasteiger partial charge < -0.3 is 0 Å². The Kier molecular flexibility index (Phi) is 1.92. The van der Waals surface area contributed by atoms with Crippen LogP contribution in [0.5, 0.6) is 0 Å². The van der Waals surface area contributed by atoms with Crippen LogP contribution in [-0.2, 0) is 0 Å². The summed E-state index contributed by atoms with van der Waals surface area (Å²) < 4.78 is 36.3. The van der Waals surface area contributed by atoms with E-state index in [1.165, 1.54) is 0 Å². The van der Waals surface area contributed by atoms with Gasteiger partial charge in [0.2, 0.25) is 0 Å². The molecule has 1 saturated carbocycles. The molecule has 0 amide bonds. The molecule has 1 fully saturated rings. The van der Waals surface area contributed by atoms with Gasteiger partial charge in [0.15, 0.2) is 6.17 Å². The van der Waals surface area contributed by atoms with Crippen LogP contribution >= 0.6 is 0 Å². The summed E-state index contributed by atoms with van der Waals surface area (Å²) in [6, 6.07) is 0. The lowest BCUT2D eigenvalue weighted by molar-refractivity contribution is 0.0742. The summed E-state index contributed by atoms with van der Waals surface area (Å²) in [6.07, 6.45) is -0.392. The Labute approximate surface area is 58.4 Å². The molecule has 0 aliphatic heterocycles. The molecule has 0 heterocycles. The summed E-state index contributed by atoms with van der Waals surface area (Å²) >= 11 is 0. The Hall–Kier alpha value is -0.210. The van der Waals surface area contributed by atoms with E-state index < -0.39 is 18.0 Å².